The van der Waals surface area contributed by atoms with Crippen molar-refractivity contribution in [2.45, 2.75) is 18.0 Å². The normalized spacial score (nSPS) is 12.5. The number of alkyl halides is 3. The number of fused-ring (bicyclic) bond motifs is 1. The number of carbonyl (C=O) groups is 1. The average molecular weight is 448 g/mol. The van der Waals surface area contributed by atoms with Gasteiger partial charge in [-0.05, 0) is 25.1 Å². The summed E-state index contributed by atoms with van der Waals surface area (Å²) in [7, 11) is -2.76. The zero-order valence-corrected chi connectivity index (χ0v) is 16.7. The molecule has 0 aliphatic rings. The third-order valence-electron chi connectivity index (χ3n) is 4.19. The van der Waals surface area contributed by atoms with Crippen LogP contribution in [0.25, 0.3) is 22.3 Å². The molecule has 0 fully saturated rings. The average Bonchev–Trinajstić information content (AvgIpc) is 2.88. The van der Waals surface area contributed by atoms with Gasteiger partial charge in [0.2, 0.25) is 0 Å². The van der Waals surface area contributed by atoms with E-state index in [4.69, 9.17) is 11.6 Å². The lowest BCUT2D eigenvalue weighted by atomic mass is 10.0. The van der Waals surface area contributed by atoms with Crippen molar-refractivity contribution < 1.29 is 31.5 Å². The number of carboxylic acids is 1. The molecule has 12 heteroatoms. The first-order valence-corrected chi connectivity index (χ1v) is 10.2. The molecule has 0 spiro atoms. The molecule has 7 nitrogen and oxygen atoms in total. The molecule has 154 valence electrons. The zero-order valence-electron chi connectivity index (χ0n) is 15.2. The molecule has 0 aliphatic carbocycles. The molecule has 0 aliphatic heterocycles. The van der Waals surface area contributed by atoms with Crippen molar-refractivity contribution >= 4 is 38.3 Å². The van der Waals surface area contributed by atoms with E-state index in [1.165, 1.54) is 4.68 Å². The second-order valence-electron chi connectivity index (χ2n) is 6.38. The minimum Gasteiger partial charge on any atom is -0.478 e. The molecule has 3 aromatic rings. The summed E-state index contributed by atoms with van der Waals surface area (Å²) < 4.78 is 66.3. The molecule has 2 heterocycles. The molecule has 29 heavy (non-hydrogen) atoms. The molecular formula is C17H13ClF3N3O4S. The Bertz CT molecular complexity index is 1280. The molecule has 1 aromatic carbocycles. The lowest BCUT2D eigenvalue weighted by Crippen LogP contribution is -2.15. The molecule has 0 saturated carbocycles. The number of rotatable bonds is 3. The maximum Gasteiger partial charge on any atom is 0.417 e. The van der Waals surface area contributed by atoms with Crippen molar-refractivity contribution in [2.75, 3.05) is 6.26 Å². The fraction of sp³-hybridized carbons (Fsp3) is 0.235. The first-order chi connectivity index (χ1) is 13.2. The van der Waals surface area contributed by atoms with Gasteiger partial charge in [-0.2, -0.15) is 18.3 Å². The largest absolute Gasteiger partial charge is 0.478 e. The van der Waals surface area contributed by atoms with Crippen LogP contribution in [-0.4, -0.2) is 40.5 Å². The second kappa shape index (κ2) is 6.70. The Morgan fingerprint density at radius 3 is 2.31 bits per heavy atom. The summed E-state index contributed by atoms with van der Waals surface area (Å²) in [6.45, 7) is 1.67. The summed E-state index contributed by atoms with van der Waals surface area (Å²) in [5.41, 5.74) is -1.97. The monoisotopic (exact) mass is 447 g/mol. The third-order valence-corrected chi connectivity index (χ3v) is 5.60. The van der Waals surface area contributed by atoms with Crippen molar-refractivity contribution in [3.8, 4) is 11.4 Å². The highest BCUT2D eigenvalue weighted by atomic mass is 35.5. The lowest BCUT2D eigenvalue weighted by molar-refractivity contribution is -0.136. The molecule has 1 N–H and O–H groups in total. The molecule has 0 saturated heterocycles. The van der Waals surface area contributed by atoms with Gasteiger partial charge in [-0.25, -0.2) is 18.2 Å². The zero-order chi connectivity index (χ0) is 21.9. The van der Waals surface area contributed by atoms with Gasteiger partial charge in [0.05, 0.1) is 32.4 Å². The third kappa shape index (κ3) is 3.67. The number of halogens is 4. The second-order valence-corrected chi connectivity index (χ2v) is 8.77. The van der Waals surface area contributed by atoms with Gasteiger partial charge in [0, 0.05) is 18.7 Å². The summed E-state index contributed by atoms with van der Waals surface area (Å²) >= 11 is 6.17. The summed E-state index contributed by atoms with van der Waals surface area (Å²) in [5, 5.41) is 12.9. The number of benzene rings is 1. The van der Waals surface area contributed by atoms with E-state index >= 15 is 0 Å². The van der Waals surface area contributed by atoms with Crippen LogP contribution in [0.2, 0.25) is 5.02 Å². The van der Waals surface area contributed by atoms with Crippen LogP contribution in [0.5, 0.6) is 0 Å². The number of aryl methyl sites for hydroxylation is 2. The molecule has 0 radical (unpaired) electrons. The standard InChI is InChI=1S/C17H13ClF3N3O4S/c1-7-4-11(24(2)23-7)15-10(18)5-8-9(17(19,20)21)6-12(29(3,27)28)13(16(25)26)14(8)22-15/h4-6H,1-3H3,(H,25,26). The van der Waals surface area contributed by atoms with Crippen molar-refractivity contribution in [1.29, 1.82) is 0 Å². The number of hydrogen-bond acceptors (Lipinski definition) is 5. The van der Waals surface area contributed by atoms with E-state index in [0.717, 1.165) is 6.07 Å². The minimum atomic E-state index is -4.97. The number of aromatic carboxylic acids is 1. The highest BCUT2D eigenvalue weighted by Gasteiger charge is 2.37. The van der Waals surface area contributed by atoms with E-state index in [-0.39, 0.29) is 10.7 Å². The van der Waals surface area contributed by atoms with E-state index in [1.807, 2.05) is 0 Å². The Kier molecular flexibility index (Phi) is 4.86. The van der Waals surface area contributed by atoms with Gasteiger partial charge in [-0.3, -0.25) is 4.68 Å². The van der Waals surface area contributed by atoms with Crippen LogP contribution in [0.3, 0.4) is 0 Å². The predicted octanol–water partition coefficient (Wildman–Crippen LogP) is 3.72. The van der Waals surface area contributed by atoms with E-state index in [0.29, 0.717) is 23.7 Å². The van der Waals surface area contributed by atoms with Crippen LogP contribution in [0.4, 0.5) is 13.2 Å². The van der Waals surface area contributed by atoms with Crippen LogP contribution >= 0.6 is 11.6 Å². The number of sulfone groups is 1. The number of hydrogen-bond donors (Lipinski definition) is 1. The number of pyridine rings is 1. The number of aromatic nitrogens is 3. The van der Waals surface area contributed by atoms with Gasteiger partial charge in [0.25, 0.3) is 0 Å². The molecule has 0 amide bonds. The highest BCUT2D eigenvalue weighted by Crippen LogP contribution is 2.41. The molecule has 3 rings (SSSR count). The Morgan fingerprint density at radius 2 is 1.86 bits per heavy atom. The van der Waals surface area contributed by atoms with Crippen molar-refractivity contribution in [3.63, 3.8) is 0 Å². The molecule has 0 bridgehead atoms. The fourth-order valence-electron chi connectivity index (χ4n) is 3.03. The van der Waals surface area contributed by atoms with Crippen LogP contribution < -0.4 is 0 Å². The summed E-state index contributed by atoms with van der Waals surface area (Å²) in [4.78, 5) is 14.9. The lowest BCUT2D eigenvalue weighted by Gasteiger charge is -2.16. The molecule has 0 atom stereocenters. The van der Waals surface area contributed by atoms with Gasteiger partial charge < -0.3 is 5.11 Å². The maximum absolute atomic E-state index is 13.6. The Labute approximate surface area is 167 Å². The Balaban J connectivity index is 2.58. The Hall–Kier alpha value is -2.66. The quantitative estimate of drug-likeness (QED) is 0.656. The van der Waals surface area contributed by atoms with Gasteiger partial charge in [-0.15, -0.1) is 0 Å². The van der Waals surface area contributed by atoms with Gasteiger partial charge >= 0.3 is 12.1 Å². The van der Waals surface area contributed by atoms with E-state index < -0.39 is 48.9 Å². The van der Waals surface area contributed by atoms with Gasteiger partial charge in [0.15, 0.2) is 9.84 Å². The molecule has 2 aromatic heterocycles. The highest BCUT2D eigenvalue weighted by molar-refractivity contribution is 7.90. The summed E-state index contributed by atoms with van der Waals surface area (Å²) in [5.74, 6) is -1.73. The van der Waals surface area contributed by atoms with Crippen LogP contribution in [0.1, 0.15) is 21.6 Å². The molecule has 0 unspecified atom stereocenters. The van der Waals surface area contributed by atoms with Gasteiger partial charge in [0.1, 0.15) is 11.3 Å². The summed E-state index contributed by atoms with van der Waals surface area (Å²) in [6.07, 6.45) is -4.34. The number of nitrogens with zero attached hydrogens (tertiary/aromatic N) is 3. The van der Waals surface area contributed by atoms with Crippen molar-refractivity contribution in [3.05, 3.63) is 40.0 Å². The van der Waals surface area contributed by atoms with Gasteiger partial charge in [-0.1, -0.05) is 11.6 Å². The predicted molar refractivity (Wildman–Crippen MR) is 98.8 cm³/mol. The van der Waals surface area contributed by atoms with E-state index in [2.05, 4.69) is 10.1 Å². The first-order valence-electron chi connectivity index (χ1n) is 7.90. The van der Waals surface area contributed by atoms with E-state index in [1.54, 1.807) is 20.0 Å². The minimum absolute atomic E-state index is 0.0245. The molecular weight excluding hydrogens is 435 g/mol. The SMILES string of the molecule is Cc1cc(-c2nc3c(C(=O)O)c(S(C)(=O)=O)cc(C(F)(F)F)c3cc2Cl)n(C)n1. The Morgan fingerprint density at radius 1 is 1.24 bits per heavy atom. The topological polar surface area (TPSA) is 102 Å². The van der Waals surface area contributed by atoms with Crippen molar-refractivity contribution in [1.82, 2.24) is 14.8 Å². The smallest absolute Gasteiger partial charge is 0.417 e. The first kappa shape index (κ1) is 21.1. The summed E-state index contributed by atoms with van der Waals surface area (Å²) in [6, 6.07) is 2.79. The fourth-order valence-corrected chi connectivity index (χ4v) is 4.16. The van der Waals surface area contributed by atoms with Crippen LogP contribution in [0.15, 0.2) is 23.1 Å². The number of carboxylic acid groups (broad SMARTS) is 1. The van der Waals surface area contributed by atoms with Crippen LogP contribution in [-0.2, 0) is 23.1 Å². The van der Waals surface area contributed by atoms with E-state index in [9.17, 15) is 31.5 Å². The maximum atomic E-state index is 13.6. The van der Waals surface area contributed by atoms with Crippen molar-refractivity contribution in [2.24, 2.45) is 7.05 Å². The van der Waals surface area contributed by atoms with Crippen LogP contribution in [0, 0.1) is 6.92 Å².